The monoisotopic (exact) mass is 493 g/mol. The average molecular weight is 494 g/mol. The third-order valence-corrected chi connectivity index (χ3v) is 7.27. The standard InChI is InChI=1S/C27H35N5O4/c1-34-22-16-21-23(25(36-3)24(22)35-2)26(33)30-27(29-21)32-13-9-19(10-14-32)28-17-18-7-6-8-20(15-18)31-11-4-5-12-31/h6-8,15-16,19,28H,4-5,9-14,17H2,1-3H3,(H,29,30,33). The molecule has 2 aromatic carbocycles. The van der Waals surface area contributed by atoms with Crippen LogP contribution in [0.1, 0.15) is 31.2 Å². The number of ether oxygens (including phenoxy) is 3. The van der Waals surface area contributed by atoms with E-state index < -0.39 is 0 Å². The fraction of sp³-hybridized carbons (Fsp3) is 0.481. The number of rotatable bonds is 8. The molecule has 0 saturated carbocycles. The molecular weight excluding hydrogens is 458 g/mol. The van der Waals surface area contributed by atoms with Gasteiger partial charge in [-0.05, 0) is 43.4 Å². The topological polar surface area (TPSA) is 92.0 Å². The van der Waals surface area contributed by atoms with Crippen LogP contribution < -0.4 is 34.9 Å². The number of anilines is 2. The predicted molar refractivity (Wildman–Crippen MR) is 142 cm³/mol. The maximum atomic E-state index is 13.0. The molecule has 0 spiro atoms. The Morgan fingerprint density at radius 1 is 0.972 bits per heavy atom. The van der Waals surface area contributed by atoms with Gasteiger partial charge in [0.2, 0.25) is 11.7 Å². The van der Waals surface area contributed by atoms with Gasteiger partial charge in [0.1, 0.15) is 5.39 Å². The Labute approximate surface area is 211 Å². The number of methoxy groups -OCH3 is 3. The van der Waals surface area contributed by atoms with Crippen molar-refractivity contribution in [1.82, 2.24) is 15.3 Å². The lowest BCUT2D eigenvalue weighted by Gasteiger charge is -2.33. The first kappa shape index (κ1) is 24.2. The maximum absolute atomic E-state index is 13.0. The van der Waals surface area contributed by atoms with Crippen LogP contribution in [0.4, 0.5) is 11.6 Å². The zero-order valence-electron chi connectivity index (χ0n) is 21.3. The molecule has 192 valence electrons. The molecular formula is C27H35N5O4. The van der Waals surface area contributed by atoms with Crippen LogP contribution in [-0.4, -0.2) is 63.5 Å². The minimum Gasteiger partial charge on any atom is -0.493 e. The molecule has 36 heavy (non-hydrogen) atoms. The van der Waals surface area contributed by atoms with Gasteiger partial charge in [-0.3, -0.25) is 4.79 Å². The van der Waals surface area contributed by atoms with Gasteiger partial charge in [0.25, 0.3) is 5.56 Å². The molecule has 2 aliphatic rings. The fourth-order valence-corrected chi connectivity index (χ4v) is 5.31. The Bertz CT molecular complexity index is 1260. The summed E-state index contributed by atoms with van der Waals surface area (Å²) >= 11 is 0. The number of hydrogen-bond donors (Lipinski definition) is 2. The molecule has 2 N–H and O–H groups in total. The third kappa shape index (κ3) is 4.80. The molecule has 0 aliphatic carbocycles. The summed E-state index contributed by atoms with van der Waals surface area (Å²) in [6, 6.07) is 11.1. The van der Waals surface area contributed by atoms with Crippen molar-refractivity contribution < 1.29 is 14.2 Å². The zero-order valence-corrected chi connectivity index (χ0v) is 21.3. The van der Waals surface area contributed by atoms with Gasteiger partial charge in [-0.25, -0.2) is 0 Å². The molecule has 2 fully saturated rings. The molecule has 0 radical (unpaired) electrons. The summed E-state index contributed by atoms with van der Waals surface area (Å²) < 4.78 is 16.4. The van der Waals surface area contributed by atoms with Crippen molar-refractivity contribution in [3.8, 4) is 17.2 Å². The molecule has 2 aliphatic heterocycles. The highest BCUT2D eigenvalue weighted by molar-refractivity contribution is 5.90. The van der Waals surface area contributed by atoms with Gasteiger partial charge < -0.3 is 34.3 Å². The summed E-state index contributed by atoms with van der Waals surface area (Å²) in [6.07, 6.45) is 4.52. The molecule has 2 saturated heterocycles. The maximum Gasteiger partial charge on any atom is 0.286 e. The van der Waals surface area contributed by atoms with Gasteiger partial charge in [-0.15, -0.1) is 0 Å². The van der Waals surface area contributed by atoms with E-state index in [0.29, 0.717) is 40.1 Å². The van der Waals surface area contributed by atoms with Crippen molar-refractivity contribution in [3.05, 3.63) is 46.2 Å². The minimum absolute atomic E-state index is 0.323. The van der Waals surface area contributed by atoms with Crippen LogP contribution in [0.5, 0.6) is 17.2 Å². The number of H-pyrrole nitrogens is 1. The van der Waals surface area contributed by atoms with Gasteiger partial charge in [-0.1, -0.05) is 12.1 Å². The zero-order chi connectivity index (χ0) is 25.1. The van der Waals surface area contributed by atoms with Crippen LogP contribution in [0.3, 0.4) is 0 Å². The first-order valence-corrected chi connectivity index (χ1v) is 12.7. The van der Waals surface area contributed by atoms with Crippen molar-refractivity contribution in [2.75, 3.05) is 57.3 Å². The van der Waals surface area contributed by atoms with Gasteiger partial charge in [0.05, 0.1) is 26.8 Å². The number of piperidine rings is 1. The van der Waals surface area contributed by atoms with Crippen LogP contribution in [0, 0.1) is 0 Å². The summed E-state index contributed by atoms with van der Waals surface area (Å²) in [4.78, 5) is 25.3. The first-order valence-electron chi connectivity index (χ1n) is 12.7. The Kier molecular flexibility index (Phi) is 7.18. The molecule has 0 bridgehead atoms. The molecule has 9 heteroatoms. The highest BCUT2D eigenvalue weighted by Crippen LogP contribution is 2.41. The second-order valence-electron chi connectivity index (χ2n) is 9.44. The van der Waals surface area contributed by atoms with Crippen molar-refractivity contribution in [2.45, 2.75) is 38.3 Å². The van der Waals surface area contributed by atoms with Gasteiger partial charge in [0.15, 0.2) is 11.5 Å². The van der Waals surface area contributed by atoms with Crippen molar-refractivity contribution in [1.29, 1.82) is 0 Å². The number of hydrogen-bond acceptors (Lipinski definition) is 8. The van der Waals surface area contributed by atoms with E-state index in [1.807, 2.05) is 0 Å². The minimum atomic E-state index is -0.352. The van der Waals surface area contributed by atoms with E-state index in [0.717, 1.165) is 45.6 Å². The van der Waals surface area contributed by atoms with Crippen molar-refractivity contribution in [2.24, 2.45) is 0 Å². The molecule has 9 nitrogen and oxygen atoms in total. The average Bonchev–Trinajstić information content (AvgIpc) is 3.46. The van der Waals surface area contributed by atoms with Gasteiger partial charge in [0, 0.05) is 50.5 Å². The van der Waals surface area contributed by atoms with Crippen molar-refractivity contribution >= 4 is 22.5 Å². The van der Waals surface area contributed by atoms with Crippen LogP contribution >= 0.6 is 0 Å². The number of aromatic amines is 1. The van der Waals surface area contributed by atoms with Crippen LogP contribution in [-0.2, 0) is 6.54 Å². The number of benzene rings is 2. The highest BCUT2D eigenvalue weighted by atomic mass is 16.5. The molecule has 5 rings (SSSR count). The molecule has 0 unspecified atom stereocenters. The Morgan fingerprint density at radius 3 is 2.42 bits per heavy atom. The van der Waals surface area contributed by atoms with E-state index in [-0.39, 0.29) is 5.56 Å². The van der Waals surface area contributed by atoms with E-state index in [1.165, 1.54) is 38.3 Å². The predicted octanol–water partition coefficient (Wildman–Crippen LogP) is 3.31. The Balaban J connectivity index is 1.25. The van der Waals surface area contributed by atoms with E-state index in [1.54, 1.807) is 13.2 Å². The second kappa shape index (κ2) is 10.7. The van der Waals surface area contributed by atoms with Crippen LogP contribution in [0.2, 0.25) is 0 Å². The SMILES string of the molecule is COc1cc2[nH]c(N3CCC(NCc4cccc(N5CCCC5)c4)CC3)nc(=O)c2c(OC)c1OC. The number of aromatic nitrogens is 2. The second-order valence-corrected chi connectivity index (χ2v) is 9.44. The van der Waals surface area contributed by atoms with Crippen molar-refractivity contribution in [3.63, 3.8) is 0 Å². The van der Waals surface area contributed by atoms with E-state index in [2.05, 4.69) is 49.4 Å². The van der Waals surface area contributed by atoms with Gasteiger partial charge in [-0.2, -0.15) is 4.98 Å². The molecule has 0 atom stereocenters. The molecule has 1 aromatic heterocycles. The highest BCUT2D eigenvalue weighted by Gasteiger charge is 2.24. The molecule has 3 aromatic rings. The normalized spacial score (nSPS) is 16.5. The largest absolute Gasteiger partial charge is 0.493 e. The van der Waals surface area contributed by atoms with Crippen LogP contribution in [0.15, 0.2) is 35.1 Å². The third-order valence-electron chi connectivity index (χ3n) is 7.27. The summed E-state index contributed by atoms with van der Waals surface area (Å²) in [6.45, 7) is 4.80. The summed E-state index contributed by atoms with van der Waals surface area (Å²) in [5.74, 6) is 1.76. The fourth-order valence-electron chi connectivity index (χ4n) is 5.31. The number of fused-ring (bicyclic) bond motifs is 1. The molecule has 0 amide bonds. The molecule has 3 heterocycles. The Hall–Kier alpha value is -3.46. The van der Waals surface area contributed by atoms with E-state index >= 15 is 0 Å². The van der Waals surface area contributed by atoms with E-state index in [9.17, 15) is 4.79 Å². The first-order chi connectivity index (χ1) is 17.6. The quantitative estimate of drug-likeness (QED) is 0.494. The Morgan fingerprint density at radius 2 is 1.72 bits per heavy atom. The van der Waals surface area contributed by atoms with E-state index in [4.69, 9.17) is 14.2 Å². The lowest BCUT2D eigenvalue weighted by atomic mass is 10.0. The van der Waals surface area contributed by atoms with Gasteiger partial charge >= 0.3 is 0 Å². The number of nitrogens with one attached hydrogen (secondary N) is 2. The summed E-state index contributed by atoms with van der Waals surface area (Å²) in [5, 5.41) is 4.08. The van der Waals surface area contributed by atoms with Crippen LogP contribution in [0.25, 0.3) is 10.9 Å². The summed E-state index contributed by atoms with van der Waals surface area (Å²) in [7, 11) is 4.58. The number of nitrogens with zero attached hydrogens (tertiary/aromatic N) is 3. The smallest absolute Gasteiger partial charge is 0.286 e. The lowest BCUT2D eigenvalue weighted by Crippen LogP contribution is -2.43. The summed E-state index contributed by atoms with van der Waals surface area (Å²) in [5.41, 5.74) is 2.91. The lowest BCUT2D eigenvalue weighted by molar-refractivity contribution is 0.327.